The number of hydrogen-bond donors (Lipinski definition) is 1. The molecule has 0 aromatic carbocycles. The van der Waals surface area contributed by atoms with Crippen molar-refractivity contribution in [2.75, 3.05) is 13.1 Å². The third kappa shape index (κ3) is 3.22. The van der Waals surface area contributed by atoms with E-state index in [0.717, 1.165) is 6.42 Å². The van der Waals surface area contributed by atoms with E-state index in [9.17, 15) is 9.59 Å². The average Bonchev–Trinajstić information content (AvgIpc) is 2.56. The maximum Gasteiger partial charge on any atom is 0.308 e. The molecule has 4 nitrogen and oxygen atoms in total. The van der Waals surface area contributed by atoms with Gasteiger partial charge in [0.15, 0.2) is 0 Å². The Hall–Kier alpha value is -1.06. The van der Waals surface area contributed by atoms with Crippen molar-refractivity contribution >= 4 is 11.9 Å². The molecular formula is C12H21NO3. The van der Waals surface area contributed by atoms with Gasteiger partial charge in [-0.15, -0.1) is 0 Å². The molecule has 1 rings (SSSR count). The van der Waals surface area contributed by atoms with Crippen molar-refractivity contribution in [2.24, 2.45) is 17.8 Å². The highest BCUT2D eigenvalue weighted by Gasteiger charge is 2.36. The van der Waals surface area contributed by atoms with Crippen molar-refractivity contribution in [1.82, 2.24) is 4.90 Å². The Morgan fingerprint density at radius 3 is 2.44 bits per heavy atom. The highest BCUT2D eigenvalue weighted by molar-refractivity contribution is 5.78. The number of amides is 1. The van der Waals surface area contributed by atoms with Crippen LogP contribution in [0.3, 0.4) is 0 Å². The van der Waals surface area contributed by atoms with E-state index in [1.54, 1.807) is 4.90 Å². The van der Waals surface area contributed by atoms with Crippen LogP contribution in [0.15, 0.2) is 0 Å². The van der Waals surface area contributed by atoms with Gasteiger partial charge in [-0.25, -0.2) is 0 Å². The number of carbonyl (C=O) groups excluding carboxylic acids is 1. The summed E-state index contributed by atoms with van der Waals surface area (Å²) in [6.45, 7) is 7.04. The number of nitrogens with zero attached hydrogens (tertiary/aromatic N) is 1. The fourth-order valence-corrected chi connectivity index (χ4v) is 2.06. The molecular weight excluding hydrogens is 206 g/mol. The van der Waals surface area contributed by atoms with Gasteiger partial charge in [0.25, 0.3) is 0 Å². The van der Waals surface area contributed by atoms with E-state index in [-0.39, 0.29) is 17.7 Å². The van der Waals surface area contributed by atoms with E-state index in [0.29, 0.717) is 25.4 Å². The van der Waals surface area contributed by atoms with Crippen LogP contribution in [0.5, 0.6) is 0 Å². The number of carbonyl (C=O) groups is 2. The largest absolute Gasteiger partial charge is 0.481 e. The van der Waals surface area contributed by atoms with Gasteiger partial charge in [0, 0.05) is 19.5 Å². The Morgan fingerprint density at radius 1 is 1.38 bits per heavy atom. The summed E-state index contributed by atoms with van der Waals surface area (Å²) in [6.07, 6.45) is 1.41. The minimum absolute atomic E-state index is 0.0699. The maximum absolute atomic E-state index is 11.8. The van der Waals surface area contributed by atoms with Crippen molar-refractivity contribution in [3.05, 3.63) is 0 Å². The third-order valence-electron chi connectivity index (χ3n) is 3.22. The van der Waals surface area contributed by atoms with Gasteiger partial charge in [-0.3, -0.25) is 9.59 Å². The Balaban J connectivity index is 2.45. The van der Waals surface area contributed by atoms with E-state index >= 15 is 0 Å². The van der Waals surface area contributed by atoms with Gasteiger partial charge in [-0.05, 0) is 18.3 Å². The first kappa shape index (κ1) is 13.0. The summed E-state index contributed by atoms with van der Waals surface area (Å²) < 4.78 is 0. The standard InChI is InChI=1S/C12H21NO3/c1-8(2)4-5-11(14)13-6-9(3)10(7-13)12(15)16/h8-10H,4-7H2,1-3H3,(H,15,16). The number of aliphatic carboxylic acids is 1. The monoisotopic (exact) mass is 227 g/mol. The van der Waals surface area contributed by atoms with Crippen LogP contribution >= 0.6 is 0 Å². The Morgan fingerprint density at radius 2 is 2.00 bits per heavy atom. The lowest BCUT2D eigenvalue weighted by Gasteiger charge is -2.16. The predicted octanol–water partition coefficient (Wildman–Crippen LogP) is 1.60. The predicted molar refractivity (Wildman–Crippen MR) is 60.9 cm³/mol. The van der Waals surface area contributed by atoms with Crippen LogP contribution in [0.2, 0.25) is 0 Å². The number of carboxylic acids is 1. The molecule has 1 aliphatic rings. The second kappa shape index (κ2) is 5.32. The van der Waals surface area contributed by atoms with E-state index in [1.807, 2.05) is 6.92 Å². The van der Waals surface area contributed by atoms with E-state index in [1.165, 1.54) is 0 Å². The van der Waals surface area contributed by atoms with Gasteiger partial charge in [0.05, 0.1) is 5.92 Å². The van der Waals surface area contributed by atoms with Gasteiger partial charge >= 0.3 is 5.97 Å². The Bertz CT molecular complexity index is 275. The van der Waals surface area contributed by atoms with Crippen molar-refractivity contribution in [3.63, 3.8) is 0 Å². The molecule has 1 fully saturated rings. The second-order valence-electron chi connectivity index (χ2n) is 5.15. The molecule has 4 heteroatoms. The topological polar surface area (TPSA) is 57.6 Å². The van der Waals surface area contributed by atoms with Crippen LogP contribution in [-0.4, -0.2) is 35.0 Å². The third-order valence-corrected chi connectivity index (χ3v) is 3.22. The second-order valence-corrected chi connectivity index (χ2v) is 5.15. The molecule has 0 aromatic heterocycles. The lowest BCUT2D eigenvalue weighted by Crippen LogP contribution is -2.29. The van der Waals surface area contributed by atoms with Crippen LogP contribution in [0.25, 0.3) is 0 Å². The van der Waals surface area contributed by atoms with Gasteiger partial charge in [0.2, 0.25) is 5.91 Å². The van der Waals surface area contributed by atoms with Crippen LogP contribution in [0.1, 0.15) is 33.6 Å². The van der Waals surface area contributed by atoms with Crippen molar-refractivity contribution in [1.29, 1.82) is 0 Å². The van der Waals surface area contributed by atoms with Gasteiger partial charge in [-0.2, -0.15) is 0 Å². The quantitative estimate of drug-likeness (QED) is 0.793. The summed E-state index contributed by atoms with van der Waals surface area (Å²) >= 11 is 0. The van der Waals surface area contributed by atoms with Crippen LogP contribution in [0, 0.1) is 17.8 Å². The van der Waals surface area contributed by atoms with Gasteiger partial charge < -0.3 is 10.0 Å². The summed E-state index contributed by atoms with van der Waals surface area (Å²) in [5, 5.41) is 8.96. The fraction of sp³-hybridized carbons (Fsp3) is 0.833. The fourth-order valence-electron chi connectivity index (χ4n) is 2.06. The molecule has 1 heterocycles. The molecule has 16 heavy (non-hydrogen) atoms. The molecule has 1 N–H and O–H groups in total. The van der Waals surface area contributed by atoms with Gasteiger partial charge in [-0.1, -0.05) is 20.8 Å². The lowest BCUT2D eigenvalue weighted by atomic mass is 9.99. The number of hydrogen-bond acceptors (Lipinski definition) is 2. The van der Waals surface area contributed by atoms with Crippen LogP contribution in [0.4, 0.5) is 0 Å². The van der Waals surface area contributed by atoms with Crippen molar-refractivity contribution < 1.29 is 14.7 Å². The normalized spacial score (nSPS) is 25.1. The van der Waals surface area contributed by atoms with Crippen LogP contribution in [-0.2, 0) is 9.59 Å². The Kier molecular flexibility index (Phi) is 4.33. The molecule has 1 aliphatic heterocycles. The maximum atomic E-state index is 11.8. The number of likely N-dealkylation sites (tertiary alicyclic amines) is 1. The minimum atomic E-state index is -0.786. The molecule has 92 valence electrons. The summed E-state index contributed by atoms with van der Waals surface area (Å²) in [5.41, 5.74) is 0. The van der Waals surface area contributed by atoms with Crippen molar-refractivity contribution in [3.8, 4) is 0 Å². The molecule has 0 radical (unpaired) electrons. The Labute approximate surface area is 96.6 Å². The van der Waals surface area contributed by atoms with Crippen molar-refractivity contribution in [2.45, 2.75) is 33.6 Å². The molecule has 2 atom stereocenters. The zero-order valence-corrected chi connectivity index (χ0v) is 10.3. The SMILES string of the molecule is CC(C)CCC(=O)N1CC(C)C(C(=O)O)C1. The summed E-state index contributed by atoms with van der Waals surface area (Å²) in [5.74, 6) is -0.487. The summed E-state index contributed by atoms with van der Waals surface area (Å²) in [4.78, 5) is 24.4. The molecule has 0 saturated carbocycles. The molecule has 2 unspecified atom stereocenters. The molecule has 1 amide bonds. The highest BCUT2D eigenvalue weighted by Crippen LogP contribution is 2.24. The summed E-state index contributed by atoms with van der Waals surface area (Å²) in [6, 6.07) is 0. The zero-order valence-electron chi connectivity index (χ0n) is 10.3. The summed E-state index contributed by atoms with van der Waals surface area (Å²) in [7, 11) is 0. The first-order valence-corrected chi connectivity index (χ1v) is 5.92. The van der Waals surface area contributed by atoms with Crippen LogP contribution < -0.4 is 0 Å². The molecule has 0 aromatic rings. The molecule has 0 spiro atoms. The molecule has 1 saturated heterocycles. The first-order chi connectivity index (χ1) is 7.41. The van der Waals surface area contributed by atoms with E-state index in [4.69, 9.17) is 5.11 Å². The smallest absolute Gasteiger partial charge is 0.308 e. The van der Waals surface area contributed by atoms with E-state index < -0.39 is 5.97 Å². The lowest BCUT2D eigenvalue weighted by molar-refractivity contribution is -0.142. The average molecular weight is 227 g/mol. The molecule has 0 aliphatic carbocycles. The zero-order chi connectivity index (χ0) is 12.3. The number of carboxylic acid groups (broad SMARTS) is 1. The van der Waals surface area contributed by atoms with Gasteiger partial charge in [0.1, 0.15) is 0 Å². The highest BCUT2D eigenvalue weighted by atomic mass is 16.4. The number of rotatable bonds is 4. The molecule has 0 bridgehead atoms. The van der Waals surface area contributed by atoms with E-state index in [2.05, 4.69) is 13.8 Å². The minimum Gasteiger partial charge on any atom is -0.481 e. The first-order valence-electron chi connectivity index (χ1n) is 5.92.